The molecule has 0 aliphatic rings. The number of nitrogens with zero attached hydrogens (tertiary/aromatic N) is 2. The van der Waals surface area contributed by atoms with Crippen LogP contribution in [0.25, 0.3) is 16.9 Å². The number of hydrogen-bond acceptors (Lipinski definition) is 3. The number of benzene rings is 2. The zero-order chi connectivity index (χ0) is 19.7. The van der Waals surface area contributed by atoms with E-state index < -0.39 is 0 Å². The van der Waals surface area contributed by atoms with E-state index in [0.29, 0.717) is 28.5 Å². The summed E-state index contributed by atoms with van der Waals surface area (Å²) in [5.74, 6) is 0.901. The lowest BCUT2D eigenvalue weighted by Gasteiger charge is -2.10. The van der Waals surface area contributed by atoms with Crippen LogP contribution in [-0.2, 0) is 6.61 Å². The van der Waals surface area contributed by atoms with Crippen molar-refractivity contribution in [3.8, 4) is 11.4 Å². The number of nitrogens with one attached hydrogen (secondary N) is 1. The summed E-state index contributed by atoms with van der Waals surface area (Å²) in [6.45, 7) is 4.56. The molecule has 5 nitrogen and oxygen atoms in total. The molecule has 0 atom stereocenters. The average Bonchev–Trinajstić information content (AvgIpc) is 3.02. The highest BCUT2D eigenvalue weighted by Gasteiger charge is 2.17. The molecule has 0 fully saturated rings. The van der Waals surface area contributed by atoms with E-state index in [2.05, 4.69) is 9.97 Å². The molecule has 0 spiro atoms. The average molecular weight is 394 g/mol. The van der Waals surface area contributed by atoms with Crippen molar-refractivity contribution in [2.45, 2.75) is 26.4 Å². The van der Waals surface area contributed by atoms with E-state index in [9.17, 15) is 4.79 Å². The molecule has 0 aliphatic carbocycles. The summed E-state index contributed by atoms with van der Waals surface area (Å²) < 4.78 is 7.37. The number of fused-ring (bicyclic) bond motifs is 1. The molecule has 0 saturated heterocycles. The Hall–Kier alpha value is -3.05. The van der Waals surface area contributed by atoms with Gasteiger partial charge in [-0.3, -0.25) is 0 Å². The number of imidazole rings is 1. The van der Waals surface area contributed by atoms with E-state index in [-0.39, 0.29) is 11.6 Å². The molecule has 1 N–H and O–H groups in total. The van der Waals surface area contributed by atoms with Crippen LogP contribution in [0.15, 0.2) is 65.6 Å². The molecule has 4 aromatic rings. The number of H-pyrrole nitrogens is 1. The molecule has 0 unspecified atom stereocenters. The van der Waals surface area contributed by atoms with Crippen LogP contribution < -0.4 is 10.4 Å². The second-order valence-corrected chi connectivity index (χ2v) is 7.31. The summed E-state index contributed by atoms with van der Waals surface area (Å²) in [5, 5.41) is 0.556. The summed E-state index contributed by atoms with van der Waals surface area (Å²) in [5.41, 5.74) is 3.71. The van der Waals surface area contributed by atoms with Crippen molar-refractivity contribution in [1.29, 1.82) is 0 Å². The largest absolute Gasteiger partial charge is 0.489 e. The van der Waals surface area contributed by atoms with E-state index in [4.69, 9.17) is 16.3 Å². The zero-order valence-electron chi connectivity index (χ0n) is 15.6. The predicted octanol–water partition coefficient (Wildman–Crippen LogP) is 5.07. The Balaban J connectivity index is 1.66. The molecule has 6 heteroatoms. The van der Waals surface area contributed by atoms with Crippen LogP contribution in [-0.4, -0.2) is 14.5 Å². The maximum absolute atomic E-state index is 12.6. The minimum atomic E-state index is -0.246. The van der Waals surface area contributed by atoms with E-state index >= 15 is 0 Å². The third kappa shape index (κ3) is 3.41. The maximum Gasteiger partial charge on any atom is 0.332 e. The van der Waals surface area contributed by atoms with Crippen LogP contribution in [0, 0.1) is 0 Å². The SMILES string of the molecule is CC(C)c1c(Cl)cnc2c1[nH]c(=O)n2-c1ccc(OCc2ccccc2)cc1. The lowest BCUT2D eigenvalue weighted by atomic mass is 10.0. The van der Waals surface area contributed by atoms with Gasteiger partial charge in [0.05, 0.1) is 16.2 Å². The van der Waals surface area contributed by atoms with Gasteiger partial charge in [-0.1, -0.05) is 55.8 Å². The molecule has 0 amide bonds. The van der Waals surface area contributed by atoms with Crippen molar-refractivity contribution >= 4 is 22.8 Å². The van der Waals surface area contributed by atoms with E-state index in [1.807, 2.05) is 68.4 Å². The number of pyridine rings is 1. The minimum absolute atomic E-state index is 0.165. The highest BCUT2D eigenvalue weighted by Crippen LogP contribution is 2.30. The Morgan fingerprint density at radius 2 is 1.82 bits per heavy atom. The quantitative estimate of drug-likeness (QED) is 0.515. The Bertz CT molecular complexity index is 1160. The highest BCUT2D eigenvalue weighted by molar-refractivity contribution is 6.32. The number of aromatic amines is 1. The highest BCUT2D eigenvalue weighted by atomic mass is 35.5. The van der Waals surface area contributed by atoms with Gasteiger partial charge in [-0.2, -0.15) is 0 Å². The van der Waals surface area contributed by atoms with Gasteiger partial charge in [0.15, 0.2) is 5.65 Å². The molecule has 2 aromatic carbocycles. The van der Waals surface area contributed by atoms with Crippen molar-refractivity contribution in [3.63, 3.8) is 0 Å². The van der Waals surface area contributed by atoms with E-state index in [0.717, 1.165) is 16.9 Å². The second kappa shape index (κ2) is 7.52. The van der Waals surface area contributed by atoms with Crippen molar-refractivity contribution in [3.05, 3.63) is 87.4 Å². The van der Waals surface area contributed by atoms with Crippen LogP contribution in [0.5, 0.6) is 5.75 Å². The number of rotatable bonds is 5. The van der Waals surface area contributed by atoms with Crippen LogP contribution in [0.4, 0.5) is 0 Å². The molecule has 2 aromatic heterocycles. The van der Waals surface area contributed by atoms with Gasteiger partial charge in [-0.05, 0) is 35.7 Å². The smallest absolute Gasteiger partial charge is 0.332 e. The third-order valence-corrected chi connectivity index (χ3v) is 4.92. The summed E-state index contributed by atoms with van der Waals surface area (Å²) >= 11 is 6.30. The molecular formula is C22H20ClN3O2. The first-order valence-corrected chi connectivity index (χ1v) is 9.48. The second-order valence-electron chi connectivity index (χ2n) is 6.91. The van der Waals surface area contributed by atoms with E-state index in [1.165, 1.54) is 0 Å². The van der Waals surface area contributed by atoms with Crippen LogP contribution in [0.1, 0.15) is 30.9 Å². The Labute approximate surface area is 167 Å². The molecule has 2 heterocycles. The van der Waals surface area contributed by atoms with Gasteiger partial charge in [-0.15, -0.1) is 0 Å². The fourth-order valence-corrected chi connectivity index (χ4v) is 3.64. The normalized spacial score (nSPS) is 11.3. The first-order chi connectivity index (χ1) is 13.5. The topological polar surface area (TPSA) is 59.9 Å². The van der Waals surface area contributed by atoms with Crippen LogP contribution >= 0.6 is 11.6 Å². The Morgan fingerprint density at radius 1 is 1.11 bits per heavy atom. The summed E-state index contributed by atoms with van der Waals surface area (Å²) in [7, 11) is 0. The van der Waals surface area contributed by atoms with Gasteiger partial charge >= 0.3 is 5.69 Å². The van der Waals surface area contributed by atoms with Gasteiger partial charge in [0.25, 0.3) is 0 Å². The van der Waals surface area contributed by atoms with E-state index in [1.54, 1.807) is 10.8 Å². The van der Waals surface area contributed by atoms with Crippen LogP contribution in [0.3, 0.4) is 0 Å². The van der Waals surface area contributed by atoms with Crippen molar-refractivity contribution in [2.75, 3.05) is 0 Å². The first kappa shape index (κ1) is 18.3. The molecule has 0 saturated carbocycles. The number of halogens is 1. The number of ether oxygens (including phenoxy) is 1. The van der Waals surface area contributed by atoms with Crippen LogP contribution in [0.2, 0.25) is 5.02 Å². The summed E-state index contributed by atoms with van der Waals surface area (Å²) in [6.07, 6.45) is 1.60. The molecule has 28 heavy (non-hydrogen) atoms. The third-order valence-electron chi connectivity index (χ3n) is 4.62. The molecule has 142 valence electrons. The first-order valence-electron chi connectivity index (χ1n) is 9.11. The molecule has 0 aliphatic heterocycles. The Kier molecular flexibility index (Phi) is 4.92. The van der Waals surface area contributed by atoms with Crippen molar-refractivity contribution in [2.24, 2.45) is 0 Å². The lowest BCUT2D eigenvalue weighted by molar-refractivity contribution is 0.306. The number of hydrogen-bond donors (Lipinski definition) is 1. The standard InChI is InChI=1S/C22H20ClN3O2/c1-14(2)19-18(23)12-24-21-20(19)25-22(27)26(21)16-8-10-17(11-9-16)28-13-15-6-4-3-5-7-15/h3-12,14H,13H2,1-2H3,(H,25,27). The van der Waals surface area contributed by atoms with Gasteiger partial charge in [0, 0.05) is 11.8 Å². The fraction of sp³-hybridized carbons (Fsp3) is 0.182. The molecular weight excluding hydrogens is 374 g/mol. The molecule has 4 rings (SSSR count). The molecule has 0 bridgehead atoms. The minimum Gasteiger partial charge on any atom is -0.489 e. The summed E-state index contributed by atoms with van der Waals surface area (Å²) in [4.78, 5) is 19.9. The van der Waals surface area contributed by atoms with Gasteiger partial charge in [0.1, 0.15) is 12.4 Å². The monoisotopic (exact) mass is 393 g/mol. The summed E-state index contributed by atoms with van der Waals surface area (Å²) in [6, 6.07) is 17.4. The van der Waals surface area contributed by atoms with Gasteiger partial charge in [-0.25, -0.2) is 14.3 Å². The van der Waals surface area contributed by atoms with Gasteiger partial charge in [0.2, 0.25) is 0 Å². The number of aromatic nitrogens is 3. The fourth-order valence-electron chi connectivity index (χ4n) is 3.28. The predicted molar refractivity (Wildman–Crippen MR) is 112 cm³/mol. The Morgan fingerprint density at radius 3 is 2.50 bits per heavy atom. The maximum atomic E-state index is 12.6. The molecule has 0 radical (unpaired) electrons. The lowest BCUT2D eigenvalue weighted by Crippen LogP contribution is -2.14. The van der Waals surface area contributed by atoms with Crippen molar-refractivity contribution in [1.82, 2.24) is 14.5 Å². The van der Waals surface area contributed by atoms with Crippen molar-refractivity contribution < 1.29 is 4.74 Å². The van der Waals surface area contributed by atoms with Gasteiger partial charge < -0.3 is 9.72 Å². The zero-order valence-corrected chi connectivity index (χ0v) is 16.4.